The van der Waals surface area contributed by atoms with Crippen LogP contribution in [0.4, 0.5) is 0 Å². The molecular formula is C14H14BrNO3. The normalized spacial score (nSPS) is 10.3. The Hall–Kier alpha value is -1.75. The highest BCUT2D eigenvalue weighted by Crippen LogP contribution is 2.26. The summed E-state index contributed by atoms with van der Waals surface area (Å²) in [6, 6.07) is 7.11. The van der Waals surface area contributed by atoms with Gasteiger partial charge in [-0.3, -0.25) is 4.79 Å². The SMILES string of the molecule is COc1ccc(C(=O)N(C)Cc2ccoc2)cc1Br. The van der Waals surface area contributed by atoms with E-state index >= 15 is 0 Å². The molecule has 1 amide bonds. The quantitative estimate of drug-likeness (QED) is 0.866. The van der Waals surface area contributed by atoms with Gasteiger partial charge in [-0.15, -0.1) is 0 Å². The number of halogens is 1. The van der Waals surface area contributed by atoms with Crippen LogP contribution in [-0.2, 0) is 6.54 Å². The fourth-order valence-corrected chi connectivity index (χ4v) is 2.29. The van der Waals surface area contributed by atoms with Crippen molar-refractivity contribution < 1.29 is 13.9 Å². The van der Waals surface area contributed by atoms with Crippen LogP contribution in [0.25, 0.3) is 0 Å². The number of furan rings is 1. The molecule has 0 saturated heterocycles. The topological polar surface area (TPSA) is 42.7 Å². The van der Waals surface area contributed by atoms with Gasteiger partial charge >= 0.3 is 0 Å². The molecule has 0 aliphatic heterocycles. The Balaban J connectivity index is 2.12. The van der Waals surface area contributed by atoms with Crippen LogP contribution in [0.5, 0.6) is 5.75 Å². The Morgan fingerprint density at radius 2 is 2.21 bits per heavy atom. The van der Waals surface area contributed by atoms with Gasteiger partial charge < -0.3 is 14.1 Å². The predicted molar refractivity (Wildman–Crippen MR) is 75.2 cm³/mol. The van der Waals surface area contributed by atoms with E-state index in [-0.39, 0.29) is 5.91 Å². The van der Waals surface area contributed by atoms with E-state index in [4.69, 9.17) is 9.15 Å². The van der Waals surface area contributed by atoms with E-state index in [9.17, 15) is 4.79 Å². The second-order valence-electron chi connectivity index (χ2n) is 4.14. The molecular weight excluding hydrogens is 310 g/mol. The summed E-state index contributed by atoms with van der Waals surface area (Å²) in [7, 11) is 3.35. The van der Waals surface area contributed by atoms with E-state index in [0.717, 1.165) is 10.0 Å². The molecule has 1 aromatic heterocycles. The lowest BCUT2D eigenvalue weighted by Gasteiger charge is -2.16. The lowest BCUT2D eigenvalue weighted by atomic mass is 10.2. The molecule has 0 aliphatic carbocycles. The molecule has 0 atom stereocenters. The standard InChI is InChI=1S/C14H14BrNO3/c1-16(8-10-5-6-19-9-10)14(17)11-3-4-13(18-2)12(15)7-11/h3-7,9H,8H2,1-2H3. The van der Waals surface area contributed by atoms with E-state index in [1.807, 2.05) is 6.07 Å². The molecule has 0 saturated carbocycles. The van der Waals surface area contributed by atoms with Gasteiger partial charge in [0.05, 0.1) is 24.1 Å². The number of ether oxygens (including phenoxy) is 1. The monoisotopic (exact) mass is 323 g/mol. The molecule has 0 spiro atoms. The van der Waals surface area contributed by atoms with Crippen LogP contribution in [0.15, 0.2) is 45.7 Å². The summed E-state index contributed by atoms with van der Waals surface area (Å²) in [6.45, 7) is 0.513. The van der Waals surface area contributed by atoms with Crippen LogP contribution in [0.3, 0.4) is 0 Å². The fourth-order valence-electron chi connectivity index (χ4n) is 1.75. The lowest BCUT2D eigenvalue weighted by Crippen LogP contribution is -2.25. The molecule has 4 nitrogen and oxygen atoms in total. The minimum Gasteiger partial charge on any atom is -0.496 e. The molecule has 0 aliphatic rings. The third-order valence-corrected chi connectivity index (χ3v) is 3.36. The summed E-state index contributed by atoms with van der Waals surface area (Å²) in [4.78, 5) is 13.9. The first-order valence-corrected chi connectivity index (χ1v) is 6.51. The number of carbonyl (C=O) groups excluding carboxylic acids is 1. The van der Waals surface area contributed by atoms with E-state index in [1.165, 1.54) is 0 Å². The van der Waals surface area contributed by atoms with Crippen molar-refractivity contribution in [1.82, 2.24) is 4.90 Å². The number of methoxy groups -OCH3 is 1. The Morgan fingerprint density at radius 1 is 1.42 bits per heavy atom. The zero-order valence-corrected chi connectivity index (χ0v) is 12.3. The second kappa shape index (κ2) is 5.93. The molecule has 0 fully saturated rings. The summed E-state index contributed by atoms with van der Waals surface area (Å²) in [6.07, 6.45) is 3.23. The summed E-state index contributed by atoms with van der Waals surface area (Å²) >= 11 is 3.37. The van der Waals surface area contributed by atoms with Gasteiger partial charge in [0.15, 0.2) is 0 Å². The van der Waals surface area contributed by atoms with Crippen molar-refractivity contribution in [1.29, 1.82) is 0 Å². The Bertz CT molecular complexity index is 566. The molecule has 0 unspecified atom stereocenters. The first-order valence-electron chi connectivity index (χ1n) is 5.72. The first-order chi connectivity index (χ1) is 9.11. The maximum absolute atomic E-state index is 12.3. The van der Waals surface area contributed by atoms with Gasteiger partial charge in [-0.1, -0.05) is 0 Å². The average molecular weight is 324 g/mol. The summed E-state index contributed by atoms with van der Waals surface area (Å²) in [5.41, 5.74) is 1.57. The van der Waals surface area contributed by atoms with Gasteiger partial charge in [0.2, 0.25) is 0 Å². The first kappa shape index (κ1) is 13.7. The van der Waals surface area contributed by atoms with Crippen LogP contribution in [0.2, 0.25) is 0 Å². The van der Waals surface area contributed by atoms with Crippen LogP contribution < -0.4 is 4.74 Å². The maximum Gasteiger partial charge on any atom is 0.253 e. The molecule has 2 aromatic rings. The fraction of sp³-hybridized carbons (Fsp3) is 0.214. The molecule has 100 valence electrons. The Kier molecular flexibility index (Phi) is 4.27. The number of nitrogens with zero attached hydrogens (tertiary/aromatic N) is 1. The molecule has 1 heterocycles. The van der Waals surface area contributed by atoms with Crippen molar-refractivity contribution in [3.8, 4) is 5.75 Å². The third kappa shape index (κ3) is 3.17. The van der Waals surface area contributed by atoms with Crippen LogP contribution in [0, 0.1) is 0 Å². The smallest absolute Gasteiger partial charge is 0.253 e. The summed E-state index contributed by atoms with van der Waals surface area (Å²) < 4.78 is 10.9. The maximum atomic E-state index is 12.3. The summed E-state index contributed by atoms with van der Waals surface area (Å²) in [5.74, 6) is 0.651. The van der Waals surface area contributed by atoms with Crippen LogP contribution >= 0.6 is 15.9 Å². The highest BCUT2D eigenvalue weighted by molar-refractivity contribution is 9.10. The minimum absolute atomic E-state index is 0.0513. The zero-order chi connectivity index (χ0) is 13.8. The number of amides is 1. The van der Waals surface area contributed by atoms with Crippen molar-refractivity contribution in [3.63, 3.8) is 0 Å². The Morgan fingerprint density at radius 3 is 2.79 bits per heavy atom. The number of carbonyl (C=O) groups is 1. The van der Waals surface area contributed by atoms with E-state index in [0.29, 0.717) is 17.9 Å². The molecule has 0 N–H and O–H groups in total. The Labute approximate surface area is 120 Å². The van der Waals surface area contributed by atoms with Gasteiger partial charge in [-0.2, -0.15) is 0 Å². The van der Waals surface area contributed by atoms with E-state index in [2.05, 4.69) is 15.9 Å². The van der Waals surface area contributed by atoms with Crippen molar-refractivity contribution in [3.05, 3.63) is 52.4 Å². The highest BCUT2D eigenvalue weighted by atomic mass is 79.9. The number of hydrogen-bond acceptors (Lipinski definition) is 3. The van der Waals surface area contributed by atoms with E-state index < -0.39 is 0 Å². The van der Waals surface area contributed by atoms with Crippen molar-refractivity contribution in [2.45, 2.75) is 6.54 Å². The summed E-state index contributed by atoms with van der Waals surface area (Å²) in [5, 5.41) is 0. The average Bonchev–Trinajstić information content (AvgIpc) is 2.90. The van der Waals surface area contributed by atoms with E-state index in [1.54, 1.807) is 49.8 Å². The van der Waals surface area contributed by atoms with Gasteiger partial charge in [0.25, 0.3) is 5.91 Å². The molecule has 2 rings (SSSR count). The van der Waals surface area contributed by atoms with Gasteiger partial charge in [-0.25, -0.2) is 0 Å². The molecule has 0 bridgehead atoms. The van der Waals surface area contributed by atoms with Gasteiger partial charge in [0.1, 0.15) is 5.75 Å². The predicted octanol–water partition coefficient (Wildman–Crippen LogP) is 3.32. The second-order valence-corrected chi connectivity index (χ2v) is 5.00. The largest absolute Gasteiger partial charge is 0.496 e. The zero-order valence-electron chi connectivity index (χ0n) is 10.7. The molecule has 1 aromatic carbocycles. The van der Waals surface area contributed by atoms with Crippen molar-refractivity contribution in [2.24, 2.45) is 0 Å². The minimum atomic E-state index is -0.0513. The molecule has 19 heavy (non-hydrogen) atoms. The van der Waals surface area contributed by atoms with Crippen LogP contribution in [-0.4, -0.2) is 25.0 Å². The van der Waals surface area contributed by atoms with Crippen molar-refractivity contribution >= 4 is 21.8 Å². The van der Waals surface area contributed by atoms with Crippen molar-refractivity contribution in [2.75, 3.05) is 14.2 Å². The number of hydrogen-bond donors (Lipinski definition) is 0. The lowest BCUT2D eigenvalue weighted by molar-refractivity contribution is 0.0785. The molecule has 0 radical (unpaired) electrons. The van der Waals surface area contributed by atoms with Crippen LogP contribution in [0.1, 0.15) is 15.9 Å². The third-order valence-electron chi connectivity index (χ3n) is 2.75. The van der Waals surface area contributed by atoms with Gasteiger partial charge in [-0.05, 0) is 40.2 Å². The highest BCUT2D eigenvalue weighted by Gasteiger charge is 2.14. The molecule has 5 heteroatoms. The van der Waals surface area contributed by atoms with Gasteiger partial charge in [0, 0.05) is 24.7 Å². The number of rotatable bonds is 4. The number of benzene rings is 1.